The van der Waals surface area contributed by atoms with E-state index in [0.29, 0.717) is 42.8 Å². The summed E-state index contributed by atoms with van der Waals surface area (Å²) in [5.41, 5.74) is 13.3. The predicted octanol–water partition coefficient (Wildman–Crippen LogP) is 7.22. The maximum Gasteiger partial charge on any atom is 0.330 e. The highest BCUT2D eigenvalue weighted by molar-refractivity contribution is 5.99. The molecule has 0 fully saturated rings. The Morgan fingerprint density at radius 2 is 1.43 bits per heavy atom. The molecule has 0 amide bonds. The van der Waals surface area contributed by atoms with Crippen LogP contribution < -0.4 is 21.0 Å². The molecule has 0 aliphatic carbocycles. The Morgan fingerprint density at radius 1 is 0.776 bits per heavy atom. The summed E-state index contributed by atoms with van der Waals surface area (Å²) in [7, 11) is 0. The Balaban J connectivity index is 1.45. The number of fused-ring (bicyclic) bond motifs is 2. The van der Waals surface area contributed by atoms with E-state index in [1.165, 1.54) is 18.1 Å². The van der Waals surface area contributed by atoms with E-state index in [4.69, 9.17) is 15.6 Å². The zero-order valence-corrected chi connectivity index (χ0v) is 27.3. The highest BCUT2D eigenvalue weighted by Gasteiger charge is 2.22. The largest absolute Gasteiger partial charge is 0.363 e. The van der Waals surface area contributed by atoms with Crippen LogP contribution in [0.5, 0.6) is 0 Å². The summed E-state index contributed by atoms with van der Waals surface area (Å²) in [5.74, 6) is -0.601. The van der Waals surface area contributed by atoms with Crippen molar-refractivity contribution in [2.45, 2.75) is 33.0 Å². The Hall–Kier alpha value is -5.99. The molecule has 5 aromatic carbocycles. The van der Waals surface area contributed by atoms with Gasteiger partial charge in [-0.25, -0.2) is 9.78 Å². The molecule has 244 valence electrons. The Labute approximate surface area is 284 Å². The second-order valence-electron chi connectivity index (χ2n) is 12.1. The van der Waals surface area contributed by atoms with Crippen LogP contribution in [0.15, 0.2) is 138 Å². The molecule has 0 saturated heterocycles. The minimum atomic E-state index is -0.601. The molecule has 7 rings (SSSR count). The van der Waals surface area contributed by atoms with Gasteiger partial charge in [-0.3, -0.25) is 4.79 Å². The summed E-state index contributed by atoms with van der Waals surface area (Å²) in [6, 6.07) is 42.6. The van der Waals surface area contributed by atoms with E-state index in [9.17, 15) is 9.59 Å². The van der Waals surface area contributed by atoms with Crippen LogP contribution in [0.3, 0.4) is 0 Å². The third-order valence-electron chi connectivity index (χ3n) is 8.67. The molecule has 2 heterocycles. The summed E-state index contributed by atoms with van der Waals surface area (Å²) in [6.07, 6.45) is 2.74. The standard InChI is InChI=1S/C41H37N5O3/c1-29(47)49-46-38-20-11-19-34(32-17-9-4-10-18-32)39(38)43-40(41(46)48)36-28-44(24-12-23-42)37-22-21-33(25-35(36)37)45(26-30-13-5-2-6-14-30)27-31-15-7-3-8-16-31/h2-11,13-22,25,28H,12,23-24,26-27,42H2,1H3. The van der Waals surface area contributed by atoms with Gasteiger partial charge in [-0.15, -0.1) is 4.73 Å². The van der Waals surface area contributed by atoms with Crippen LogP contribution in [0.1, 0.15) is 24.5 Å². The number of nitrogens with zero attached hydrogens (tertiary/aromatic N) is 4. The van der Waals surface area contributed by atoms with Crippen molar-refractivity contribution in [2.75, 3.05) is 11.4 Å². The number of aromatic nitrogens is 3. The van der Waals surface area contributed by atoms with Crippen molar-refractivity contribution in [3.05, 3.63) is 155 Å². The van der Waals surface area contributed by atoms with Crippen molar-refractivity contribution < 1.29 is 9.63 Å². The first-order chi connectivity index (χ1) is 24.0. The van der Waals surface area contributed by atoms with Crippen molar-refractivity contribution >= 4 is 33.6 Å². The monoisotopic (exact) mass is 647 g/mol. The number of carbonyl (C=O) groups excluding carboxylic acids is 1. The van der Waals surface area contributed by atoms with Gasteiger partial charge in [0.25, 0.3) is 0 Å². The molecule has 0 aliphatic rings. The van der Waals surface area contributed by atoms with Crippen molar-refractivity contribution in [1.82, 2.24) is 14.3 Å². The molecule has 0 saturated carbocycles. The van der Waals surface area contributed by atoms with E-state index in [-0.39, 0.29) is 5.69 Å². The van der Waals surface area contributed by atoms with Gasteiger partial charge in [0.2, 0.25) is 0 Å². The summed E-state index contributed by atoms with van der Waals surface area (Å²) in [4.78, 5) is 39.6. The van der Waals surface area contributed by atoms with Gasteiger partial charge in [-0.05, 0) is 53.9 Å². The normalized spacial score (nSPS) is 11.2. The molecule has 8 nitrogen and oxygen atoms in total. The molecule has 0 unspecified atom stereocenters. The average Bonchev–Trinajstić information content (AvgIpc) is 3.49. The van der Waals surface area contributed by atoms with Crippen LogP contribution in [0.2, 0.25) is 0 Å². The fraction of sp³-hybridized carbons (Fsp3) is 0.146. The van der Waals surface area contributed by atoms with Crippen LogP contribution in [0, 0.1) is 0 Å². The molecular formula is C41H37N5O3. The van der Waals surface area contributed by atoms with Gasteiger partial charge in [0.15, 0.2) is 0 Å². The third kappa shape index (κ3) is 6.59. The Morgan fingerprint density at radius 3 is 2.06 bits per heavy atom. The van der Waals surface area contributed by atoms with Crippen LogP contribution in [-0.2, 0) is 24.4 Å². The topological polar surface area (TPSA) is 95.4 Å². The van der Waals surface area contributed by atoms with Gasteiger partial charge in [0.05, 0.1) is 5.52 Å². The summed E-state index contributed by atoms with van der Waals surface area (Å²) in [6.45, 7) is 3.88. The van der Waals surface area contributed by atoms with Gasteiger partial charge < -0.3 is 20.0 Å². The Kier molecular flexibility index (Phi) is 9.04. The number of carbonyl (C=O) groups is 1. The van der Waals surface area contributed by atoms with E-state index >= 15 is 0 Å². The second kappa shape index (κ2) is 14.0. The van der Waals surface area contributed by atoms with E-state index in [1.807, 2.05) is 60.8 Å². The Bertz CT molecular complexity index is 2260. The van der Waals surface area contributed by atoms with E-state index in [2.05, 4.69) is 76.2 Å². The zero-order chi connectivity index (χ0) is 33.7. The van der Waals surface area contributed by atoms with Crippen LogP contribution in [0.25, 0.3) is 44.3 Å². The molecule has 0 spiro atoms. The molecule has 0 aliphatic heterocycles. The number of benzene rings is 5. The molecule has 8 heteroatoms. The molecule has 2 N–H and O–H groups in total. The lowest BCUT2D eigenvalue weighted by atomic mass is 10.0. The lowest BCUT2D eigenvalue weighted by Crippen LogP contribution is -2.31. The molecule has 0 atom stereocenters. The first-order valence-corrected chi connectivity index (χ1v) is 16.5. The van der Waals surface area contributed by atoms with E-state index < -0.39 is 11.5 Å². The van der Waals surface area contributed by atoms with Crippen LogP contribution in [-0.4, -0.2) is 26.8 Å². The lowest BCUT2D eigenvalue weighted by molar-refractivity contribution is -0.141. The highest BCUT2D eigenvalue weighted by Crippen LogP contribution is 2.35. The average molecular weight is 648 g/mol. The quantitative estimate of drug-likeness (QED) is 0.159. The fourth-order valence-corrected chi connectivity index (χ4v) is 6.39. The molecule has 2 aromatic heterocycles. The smallest absolute Gasteiger partial charge is 0.330 e. The first kappa shape index (κ1) is 31.6. The number of anilines is 1. The summed E-state index contributed by atoms with van der Waals surface area (Å²) < 4.78 is 3.21. The predicted molar refractivity (Wildman–Crippen MR) is 196 cm³/mol. The van der Waals surface area contributed by atoms with Gasteiger partial charge in [-0.1, -0.05) is 103 Å². The number of aryl methyl sites for hydroxylation is 1. The van der Waals surface area contributed by atoms with Crippen LogP contribution in [0.4, 0.5) is 5.69 Å². The van der Waals surface area contributed by atoms with Crippen molar-refractivity contribution in [1.29, 1.82) is 0 Å². The minimum Gasteiger partial charge on any atom is -0.363 e. The van der Waals surface area contributed by atoms with Crippen LogP contribution >= 0.6 is 0 Å². The number of nitrogens with two attached hydrogens (primary N) is 1. The summed E-state index contributed by atoms with van der Waals surface area (Å²) >= 11 is 0. The molecule has 49 heavy (non-hydrogen) atoms. The van der Waals surface area contributed by atoms with Crippen molar-refractivity contribution in [3.8, 4) is 22.4 Å². The fourth-order valence-electron chi connectivity index (χ4n) is 6.39. The lowest BCUT2D eigenvalue weighted by Gasteiger charge is -2.26. The highest BCUT2D eigenvalue weighted by atomic mass is 16.7. The van der Waals surface area contributed by atoms with E-state index in [0.717, 1.165) is 38.9 Å². The third-order valence-corrected chi connectivity index (χ3v) is 8.67. The zero-order valence-electron chi connectivity index (χ0n) is 27.3. The number of hydrogen-bond acceptors (Lipinski definition) is 6. The van der Waals surface area contributed by atoms with Gasteiger partial charge in [-0.2, -0.15) is 0 Å². The number of hydrogen-bond donors (Lipinski definition) is 1. The van der Waals surface area contributed by atoms with Crippen molar-refractivity contribution in [2.24, 2.45) is 5.73 Å². The maximum absolute atomic E-state index is 14.3. The minimum absolute atomic E-state index is 0.198. The number of para-hydroxylation sites is 1. The summed E-state index contributed by atoms with van der Waals surface area (Å²) in [5, 5.41) is 0.871. The van der Waals surface area contributed by atoms with Crippen molar-refractivity contribution in [3.63, 3.8) is 0 Å². The molecular weight excluding hydrogens is 610 g/mol. The van der Waals surface area contributed by atoms with Gasteiger partial charge in [0, 0.05) is 60.5 Å². The first-order valence-electron chi connectivity index (χ1n) is 16.5. The van der Waals surface area contributed by atoms with E-state index in [1.54, 1.807) is 6.07 Å². The second-order valence-corrected chi connectivity index (χ2v) is 12.1. The molecule has 0 radical (unpaired) electrons. The van der Waals surface area contributed by atoms with Gasteiger partial charge in [0.1, 0.15) is 11.2 Å². The molecule has 0 bridgehead atoms. The number of rotatable bonds is 11. The van der Waals surface area contributed by atoms with Gasteiger partial charge >= 0.3 is 11.5 Å². The maximum atomic E-state index is 14.3. The molecule has 7 aromatic rings. The SMILES string of the molecule is CC(=O)On1c(=O)c(-c2cn(CCCN)c3ccc(N(Cc4ccccc4)Cc4ccccc4)cc23)nc2c(-c3ccccc3)cccc21.